The Balaban J connectivity index is 2.17. The fraction of sp³-hybridized carbons (Fsp3) is 0. The molecule has 0 atom stereocenters. The number of rotatable bonds is 2. The van der Waals surface area contributed by atoms with Gasteiger partial charge in [-0.25, -0.2) is 4.98 Å². The molecule has 6 heteroatoms. The summed E-state index contributed by atoms with van der Waals surface area (Å²) in [7, 11) is 0. The number of hydrogen-bond donors (Lipinski definition) is 2. The lowest BCUT2D eigenvalue weighted by molar-refractivity contribution is 0.100. The summed E-state index contributed by atoms with van der Waals surface area (Å²) in [6.07, 6.45) is 0. The van der Waals surface area contributed by atoms with E-state index in [9.17, 15) is 4.79 Å². The number of aromatic amines is 1. The van der Waals surface area contributed by atoms with Crippen molar-refractivity contribution in [2.24, 2.45) is 5.73 Å². The second-order valence-corrected chi connectivity index (χ2v) is 6.41. The molecule has 2 aromatic carbocycles. The zero-order chi connectivity index (χ0) is 14.3. The van der Waals surface area contributed by atoms with Crippen molar-refractivity contribution in [3.05, 3.63) is 50.0 Å². The number of amides is 1. The highest BCUT2D eigenvalue weighted by atomic mass is 127. The smallest absolute Gasteiger partial charge is 0.248 e. The van der Waals surface area contributed by atoms with E-state index in [0.717, 1.165) is 26.9 Å². The second-order valence-electron chi connectivity index (χ2n) is 4.31. The van der Waals surface area contributed by atoms with Crippen LogP contribution in [-0.2, 0) is 0 Å². The molecule has 0 radical (unpaired) electrons. The van der Waals surface area contributed by atoms with Gasteiger partial charge in [0.25, 0.3) is 0 Å². The standard InChI is InChI=1S/C14H9BrIN3O/c15-10-5-8(13(17)20)6-11-12(10)19-14(18-11)7-1-3-9(16)4-2-7/h1-6H,(H2,17,20)(H,18,19). The van der Waals surface area contributed by atoms with Crippen LogP contribution < -0.4 is 5.73 Å². The van der Waals surface area contributed by atoms with Gasteiger partial charge in [-0.05, 0) is 62.8 Å². The van der Waals surface area contributed by atoms with Crippen molar-refractivity contribution < 1.29 is 4.79 Å². The van der Waals surface area contributed by atoms with E-state index in [4.69, 9.17) is 5.73 Å². The van der Waals surface area contributed by atoms with Crippen molar-refractivity contribution in [2.75, 3.05) is 0 Å². The molecule has 20 heavy (non-hydrogen) atoms. The van der Waals surface area contributed by atoms with E-state index < -0.39 is 5.91 Å². The monoisotopic (exact) mass is 441 g/mol. The summed E-state index contributed by atoms with van der Waals surface area (Å²) in [6.45, 7) is 0. The number of nitrogens with one attached hydrogen (secondary N) is 1. The summed E-state index contributed by atoms with van der Waals surface area (Å²) in [5.74, 6) is 0.303. The third kappa shape index (κ3) is 2.45. The number of carbonyl (C=O) groups excluding carboxylic acids is 1. The number of imidazole rings is 1. The molecule has 0 aliphatic carbocycles. The zero-order valence-electron chi connectivity index (χ0n) is 10.2. The molecular formula is C14H9BrIN3O. The van der Waals surface area contributed by atoms with Crippen molar-refractivity contribution in [1.29, 1.82) is 0 Å². The molecule has 0 saturated carbocycles. The van der Waals surface area contributed by atoms with Crippen LogP contribution in [0.4, 0.5) is 0 Å². The Hall–Kier alpha value is -1.41. The van der Waals surface area contributed by atoms with Gasteiger partial charge in [-0.15, -0.1) is 0 Å². The molecule has 0 fully saturated rings. The Morgan fingerprint density at radius 2 is 1.95 bits per heavy atom. The van der Waals surface area contributed by atoms with E-state index in [0.29, 0.717) is 5.56 Å². The average Bonchev–Trinajstić information content (AvgIpc) is 2.84. The number of hydrogen-bond acceptors (Lipinski definition) is 2. The fourth-order valence-electron chi connectivity index (χ4n) is 1.96. The lowest BCUT2D eigenvalue weighted by Crippen LogP contribution is -2.10. The normalized spacial score (nSPS) is 10.9. The predicted molar refractivity (Wildman–Crippen MR) is 90.5 cm³/mol. The molecule has 4 nitrogen and oxygen atoms in total. The Bertz CT molecular complexity index is 811. The molecule has 0 saturated heterocycles. The summed E-state index contributed by atoms with van der Waals surface area (Å²) >= 11 is 5.68. The Morgan fingerprint density at radius 1 is 1.25 bits per heavy atom. The minimum Gasteiger partial charge on any atom is -0.366 e. The molecule has 0 aliphatic rings. The number of fused-ring (bicyclic) bond motifs is 1. The first-order valence-corrected chi connectivity index (χ1v) is 7.67. The van der Waals surface area contributed by atoms with Gasteiger partial charge in [0.2, 0.25) is 5.91 Å². The van der Waals surface area contributed by atoms with E-state index >= 15 is 0 Å². The van der Waals surface area contributed by atoms with E-state index in [-0.39, 0.29) is 0 Å². The highest BCUT2D eigenvalue weighted by Gasteiger charge is 2.11. The molecular weight excluding hydrogens is 433 g/mol. The summed E-state index contributed by atoms with van der Waals surface area (Å²) in [4.78, 5) is 19.0. The van der Waals surface area contributed by atoms with Gasteiger partial charge in [0.15, 0.2) is 0 Å². The molecule has 0 spiro atoms. The van der Waals surface area contributed by atoms with Crippen molar-refractivity contribution in [3.63, 3.8) is 0 Å². The number of benzene rings is 2. The van der Waals surface area contributed by atoms with Crippen LogP contribution in [0.2, 0.25) is 0 Å². The quantitative estimate of drug-likeness (QED) is 0.595. The van der Waals surface area contributed by atoms with Crippen LogP contribution in [0.25, 0.3) is 22.4 Å². The first-order chi connectivity index (χ1) is 9.54. The van der Waals surface area contributed by atoms with Crippen LogP contribution >= 0.6 is 38.5 Å². The Kier molecular flexibility index (Phi) is 3.51. The average molecular weight is 442 g/mol. The number of primary amides is 1. The lowest BCUT2D eigenvalue weighted by atomic mass is 10.2. The molecule has 1 aromatic heterocycles. The summed E-state index contributed by atoms with van der Waals surface area (Å²) in [5, 5.41) is 0. The van der Waals surface area contributed by atoms with E-state index in [1.54, 1.807) is 12.1 Å². The van der Waals surface area contributed by atoms with E-state index in [2.05, 4.69) is 48.5 Å². The van der Waals surface area contributed by atoms with Gasteiger partial charge in [-0.1, -0.05) is 12.1 Å². The summed E-state index contributed by atoms with van der Waals surface area (Å²) in [6, 6.07) is 11.4. The van der Waals surface area contributed by atoms with Crippen LogP contribution in [0, 0.1) is 3.57 Å². The second kappa shape index (κ2) is 5.17. The lowest BCUT2D eigenvalue weighted by Gasteiger charge is -1.97. The largest absolute Gasteiger partial charge is 0.366 e. The molecule has 3 aromatic rings. The Morgan fingerprint density at radius 3 is 2.60 bits per heavy atom. The number of H-pyrrole nitrogens is 1. The predicted octanol–water partition coefficient (Wildman–Crippen LogP) is 3.70. The maximum Gasteiger partial charge on any atom is 0.248 e. The summed E-state index contributed by atoms with van der Waals surface area (Å²) in [5.41, 5.74) is 8.31. The van der Waals surface area contributed by atoms with E-state index in [1.165, 1.54) is 3.57 Å². The van der Waals surface area contributed by atoms with Crippen LogP contribution in [0.1, 0.15) is 10.4 Å². The van der Waals surface area contributed by atoms with Gasteiger partial charge in [0.1, 0.15) is 11.3 Å². The van der Waals surface area contributed by atoms with Gasteiger partial charge in [-0.3, -0.25) is 4.79 Å². The van der Waals surface area contributed by atoms with Crippen LogP contribution in [0.5, 0.6) is 0 Å². The number of nitrogens with two attached hydrogens (primary N) is 1. The van der Waals surface area contributed by atoms with E-state index in [1.807, 2.05) is 24.3 Å². The highest BCUT2D eigenvalue weighted by molar-refractivity contribution is 14.1. The number of aromatic nitrogens is 2. The van der Waals surface area contributed by atoms with Crippen molar-refractivity contribution in [1.82, 2.24) is 9.97 Å². The molecule has 0 unspecified atom stereocenters. The number of carbonyl (C=O) groups is 1. The zero-order valence-corrected chi connectivity index (χ0v) is 13.9. The molecule has 0 aliphatic heterocycles. The number of nitrogens with zero attached hydrogens (tertiary/aromatic N) is 1. The highest BCUT2D eigenvalue weighted by Crippen LogP contribution is 2.27. The number of halogens is 2. The van der Waals surface area contributed by atoms with Crippen LogP contribution in [0.3, 0.4) is 0 Å². The molecule has 1 amide bonds. The first-order valence-electron chi connectivity index (χ1n) is 5.79. The minimum atomic E-state index is -0.460. The molecule has 1 heterocycles. The molecule has 3 N–H and O–H groups in total. The first kappa shape index (κ1) is 13.6. The topological polar surface area (TPSA) is 71.8 Å². The van der Waals surface area contributed by atoms with Crippen molar-refractivity contribution >= 4 is 55.5 Å². The SMILES string of the molecule is NC(=O)c1cc(Br)c2nc(-c3ccc(I)cc3)[nH]c2c1. The third-order valence-corrected chi connectivity index (χ3v) is 4.27. The molecule has 100 valence electrons. The van der Waals surface area contributed by atoms with Crippen molar-refractivity contribution in [2.45, 2.75) is 0 Å². The maximum atomic E-state index is 11.3. The maximum absolute atomic E-state index is 11.3. The third-order valence-electron chi connectivity index (χ3n) is 2.94. The summed E-state index contributed by atoms with van der Waals surface area (Å²) < 4.78 is 1.91. The van der Waals surface area contributed by atoms with Crippen LogP contribution in [-0.4, -0.2) is 15.9 Å². The van der Waals surface area contributed by atoms with Gasteiger partial charge in [0, 0.05) is 19.2 Å². The fourth-order valence-corrected chi connectivity index (χ4v) is 2.87. The van der Waals surface area contributed by atoms with Gasteiger partial charge >= 0.3 is 0 Å². The Labute approximate surface area is 137 Å². The van der Waals surface area contributed by atoms with Crippen LogP contribution in [0.15, 0.2) is 40.9 Å². The van der Waals surface area contributed by atoms with Gasteiger partial charge < -0.3 is 10.7 Å². The molecule has 0 bridgehead atoms. The minimum absolute atomic E-state index is 0.446. The van der Waals surface area contributed by atoms with Gasteiger partial charge in [0.05, 0.1) is 5.52 Å². The van der Waals surface area contributed by atoms with Crippen molar-refractivity contribution in [3.8, 4) is 11.4 Å². The molecule has 3 rings (SSSR count). The van der Waals surface area contributed by atoms with Gasteiger partial charge in [-0.2, -0.15) is 0 Å².